The fourth-order valence-electron chi connectivity index (χ4n) is 4.82. The van der Waals surface area contributed by atoms with E-state index < -0.39 is 12.1 Å². The lowest BCUT2D eigenvalue weighted by atomic mass is 9.88. The maximum Gasteiger partial charge on any atom is 0.303 e. The van der Waals surface area contributed by atoms with Gasteiger partial charge in [-0.15, -0.1) is 0 Å². The molecule has 0 amide bonds. The Labute approximate surface area is 167 Å². The minimum atomic E-state index is -0.727. The fourth-order valence-corrected chi connectivity index (χ4v) is 4.82. The first-order chi connectivity index (χ1) is 13.4. The van der Waals surface area contributed by atoms with Crippen molar-refractivity contribution in [2.75, 3.05) is 0 Å². The van der Waals surface area contributed by atoms with E-state index in [-0.39, 0.29) is 18.4 Å². The van der Waals surface area contributed by atoms with Gasteiger partial charge in [-0.3, -0.25) is 4.79 Å². The number of rotatable bonds is 9. The standard InChI is InChI=1S/C24H32O4/c1-16-5-4-7-17(11-16)13-20(25)9-10-21-22-14-18(6-2-3-8-24(27)28)12-19(22)15-23(21)26/h4-5,7,9-12,19-23,25-26H,2-3,6,8,13-15H2,1H3,(H,27,28)/b10-9+/t19-,20-,21?,22-,23+/m0/s1. The quantitative estimate of drug-likeness (QED) is 0.443. The van der Waals surface area contributed by atoms with E-state index in [1.165, 1.54) is 11.1 Å². The molecule has 0 radical (unpaired) electrons. The number of aliphatic hydroxyl groups excluding tert-OH is 2. The molecule has 0 spiro atoms. The van der Waals surface area contributed by atoms with Crippen LogP contribution in [0.1, 0.15) is 49.7 Å². The van der Waals surface area contributed by atoms with E-state index >= 15 is 0 Å². The highest BCUT2D eigenvalue weighted by atomic mass is 16.4. The number of aliphatic carboxylic acids is 1. The molecule has 3 N–H and O–H groups in total. The Morgan fingerprint density at radius 3 is 2.89 bits per heavy atom. The highest BCUT2D eigenvalue weighted by Crippen LogP contribution is 2.48. The molecule has 3 rings (SSSR count). The summed E-state index contributed by atoms with van der Waals surface area (Å²) in [6.07, 6.45) is 10.5. The molecule has 152 valence electrons. The minimum absolute atomic E-state index is 0.0879. The van der Waals surface area contributed by atoms with Crippen molar-refractivity contribution >= 4 is 5.97 Å². The molecule has 1 aromatic carbocycles. The smallest absolute Gasteiger partial charge is 0.303 e. The predicted octanol–water partition coefficient (Wildman–Crippen LogP) is 4.04. The molecule has 0 aliphatic heterocycles. The number of aryl methyl sites for hydroxylation is 1. The Balaban J connectivity index is 1.51. The highest BCUT2D eigenvalue weighted by molar-refractivity contribution is 5.66. The third-order valence-corrected chi connectivity index (χ3v) is 6.17. The Bertz CT molecular complexity index is 736. The number of aliphatic hydroxyl groups is 2. The topological polar surface area (TPSA) is 77.8 Å². The van der Waals surface area contributed by atoms with E-state index in [9.17, 15) is 15.0 Å². The van der Waals surface area contributed by atoms with Crippen LogP contribution in [-0.2, 0) is 11.2 Å². The first-order valence-corrected chi connectivity index (χ1v) is 10.4. The van der Waals surface area contributed by atoms with Crippen molar-refractivity contribution in [3.63, 3.8) is 0 Å². The summed E-state index contributed by atoms with van der Waals surface area (Å²) < 4.78 is 0. The largest absolute Gasteiger partial charge is 0.481 e. The van der Waals surface area contributed by atoms with Crippen molar-refractivity contribution in [2.45, 2.75) is 64.1 Å². The van der Waals surface area contributed by atoms with Gasteiger partial charge in [-0.1, -0.05) is 53.6 Å². The number of carboxylic acids is 1. The number of fused-ring (bicyclic) bond motifs is 1. The van der Waals surface area contributed by atoms with Gasteiger partial charge in [0.25, 0.3) is 0 Å². The second-order valence-electron chi connectivity index (χ2n) is 8.48. The van der Waals surface area contributed by atoms with E-state index in [1.54, 1.807) is 0 Å². The fraction of sp³-hybridized carbons (Fsp3) is 0.542. The van der Waals surface area contributed by atoms with Crippen LogP contribution < -0.4 is 0 Å². The van der Waals surface area contributed by atoms with Crippen LogP contribution in [0.4, 0.5) is 0 Å². The second-order valence-corrected chi connectivity index (χ2v) is 8.48. The van der Waals surface area contributed by atoms with Gasteiger partial charge in [-0.2, -0.15) is 0 Å². The summed E-state index contributed by atoms with van der Waals surface area (Å²) in [6, 6.07) is 8.18. The lowest BCUT2D eigenvalue weighted by Crippen LogP contribution is -2.18. The Morgan fingerprint density at radius 1 is 1.32 bits per heavy atom. The zero-order valence-corrected chi connectivity index (χ0v) is 16.6. The van der Waals surface area contributed by atoms with E-state index in [1.807, 2.05) is 37.3 Å². The van der Waals surface area contributed by atoms with Gasteiger partial charge in [0.05, 0.1) is 12.2 Å². The monoisotopic (exact) mass is 384 g/mol. The van der Waals surface area contributed by atoms with E-state index in [4.69, 9.17) is 5.11 Å². The molecule has 0 bridgehead atoms. The molecule has 1 fully saturated rings. The highest BCUT2D eigenvalue weighted by Gasteiger charge is 2.43. The molecule has 28 heavy (non-hydrogen) atoms. The van der Waals surface area contributed by atoms with Crippen LogP contribution in [0.3, 0.4) is 0 Å². The van der Waals surface area contributed by atoms with E-state index in [2.05, 4.69) is 12.1 Å². The van der Waals surface area contributed by atoms with Gasteiger partial charge in [0.15, 0.2) is 0 Å². The van der Waals surface area contributed by atoms with Gasteiger partial charge in [-0.05, 0) is 56.4 Å². The molecule has 4 heteroatoms. The molecule has 0 aromatic heterocycles. The Kier molecular flexibility index (Phi) is 7.08. The van der Waals surface area contributed by atoms with Gasteiger partial charge < -0.3 is 15.3 Å². The van der Waals surface area contributed by atoms with Gasteiger partial charge in [-0.25, -0.2) is 0 Å². The maximum absolute atomic E-state index is 10.6. The number of carboxylic acid groups (broad SMARTS) is 1. The molecule has 2 aliphatic carbocycles. The van der Waals surface area contributed by atoms with Gasteiger partial charge in [0.2, 0.25) is 0 Å². The van der Waals surface area contributed by atoms with E-state index in [0.717, 1.165) is 37.7 Å². The average molecular weight is 385 g/mol. The molecular weight excluding hydrogens is 352 g/mol. The van der Waals surface area contributed by atoms with Crippen molar-refractivity contribution in [2.24, 2.45) is 17.8 Å². The van der Waals surface area contributed by atoms with Crippen LogP contribution >= 0.6 is 0 Å². The molecule has 1 unspecified atom stereocenters. The molecule has 2 aliphatic rings. The third-order valence-electron chi connectivity index (χ3n) is 6.17. The number of hydrogen-bond donors (Lipinski definition) is 3. The molecule has 0 heterocycles. The average Bonchev–Trinajstić information content (AvgIpc) is 3.13. The second kappa shape index (κ2) is 9.53. The van der Waals surface area contributed by atoms with Gasteiger partial charge >= 0.3 is 5.97 Å². The first-order valence-electron chi connectivity index (χ1n) is 10.4. The molecule has 1 saturated carbocycles. The number of allylic oxidation sites excluding steroid dienone is 2. The number of unbranched alkanes of at least 4 members (excludes halogenated alkanes) is 1. The summed E-state index contributed by atoms with van der Waals surface area (Å²) in [7, 11) is 0. The summed E-state index contributed by atoms with van der Waals surface area (Å²) in [5, 5.41) is 29.6. The van der Waals surface area contributed by atoms with Crippen LogP contribution in [0, 0.1) is 24.7 Å². The third kappa shape index (κ3) is 5.55. The van der Waals surface area contributed by atoms with Crippen LogP contribution in [0.15, 0.2) is 48.1 Å². The Hall–Kier alpha value is -1.91. The predicted molar refractivity (Wildman–Crippen MR) is 110 cm³/mol. The number of hydrogen-bond acceptors (Lipinski definition) is 3. The van der Waals surface area contributed by atoms with Crippen LogP contribution in [0.2, 0.25) is 0 Å². The number of benzene rings is 1. The van der Waals surface area contributed by atoms with E-state index in [0.29, 0.717) is 18.3 Å². The van der Waals surface area contributed by atoms with Crippen molar-refractivity contribution in [3.05, 3.63) is 59.2 Å². The van der Waals surface area contributed by atoms with Crippen molar-refractivity contribution in [1.29, 1.82) is 0 Å². The molecule has 4 nitrogen and oxygen atoms in total. The molecule has 1 aromatic rings. The van der Waals surface area contributed by atoms with Crippen LogP contribution in [0.25, 0.3) is 0 Å². The summed E-state index contributed by atoms with van der Waals surface area (Å²) in [5.74, 6) is 0.180. The summed E-state index contributed by atoms with van der Waals surface area (Å²) >= 11 is 0. The van der Waals surface area contributed by atoms with Gasteiger partial charge in [0, 0.05) is 18.8 Å². The lowest BCUT2D eigenvalue weighted by molar-refractivity contribution is -0.137. The summed E-state index contributed by atoms with van der Waals surface area (Å²) in [6.45, 7) is 2.05. The number of carbonyl (C=O) groups is 1. The van der Waals surface area contributed by atoms with Crippen molar-refractivity contribution in [3.8, 4) is 0 Å². The zero-order valence-electron chi connectivity index (χ0n) is 16.6. The lowest BCUT2D eigenvalue weighted by Gasteiger charge is -2.19. The van der Waals surface area contributed by atoms with Crippen molar-refractivity contribution in [1.82, 2.24) is 0 Å². The zero-order chi connectivity index (χ0) is 20.1. The summed E-state index contributed by atoms with van der Waals surface area (Å²) in [4.78, 5) is 10.6. The SMILES string of the molecule is Cc1cccc(C[C@@H](O)/C=C/C2[C@H](O)C[C@@H]3C=C(CCCCC(=O)O)C[C@H]23)c1. The summed E-state index contributed by atoms with van der Waals surface area (Å²) in [5.41, 5.74) is 3.72. The van der Waals surface area contributed by atoms with Crippen molar-refractivity contribution < 1.29 is 20.1 Å². The van der Waals surface area contributed by atoms with Crippen LogP contribution in [0.5, 0.6) is 0 Å². The Morgan fingerprint density at radius 2 is 2.14 bits per heavy atom. The molecular formula is C24H32O4. The van der Waals surface area contributed by atoms with Gasteiger partial charge in [0.1, 0.15) is 0 Å². The molecule has 5 atom stereocenters. The minimum Gasteiger partial charge on any atom is -0.481 e. The maximum atomic E-state index is 10.6. The first kappa shape index (κ1) is 20.8. The normalized spacial score (nSPS) is 27.8. The van der Waals surface area contributed by atoms with Crippen LogP contribution in [-0.4, -0.2) is 33.5 Å². The molecule has 0 saturated heterocycles.